The van der Waals surface area contributed by atoms with E-state index in [0.717, 1.165) is 29.7 Å². The van der Waals surface area contributed by atoms with Gasteiger partial charge in [0.25, 0.3) is 0 Å². The lowest BCUT2D eigenvalue weighted by Gasteiger charge is -2.09. The first-order valence-corrected chi connectivity index (χ1v) is 6.46. The number of hydrogen-bond acceptors (Lipinski definition) is 3. The van der Waals surface area contributed by atoms with Crippen LogP contribution in [0.1, 0.15) is 18.4 Å². The predicted octanol–water partition coefficient (Wildman–Crippen LogP) is 2.17. The summed E-state index contributed by atoms with van der Waals surface area (Å²) in [5.41, 5.74) is 2.95. The third-order valence-electron chi connectivity index (χ3n) is 3.25. The quantitative estimate of drug-likeness (QED) is 0.908. The van der Waals surface area contributed by atoms with E-state index in [0.29, 0.717) is 6.54 Å². The molecule has 0 saturated heterocycles. The van der Waals surface area contributed by atoms with Crippen LogP contribution in [0, 0.1) is 5.92 Å². The SMILES string of the molecule is O=C(NCc1cccnc1-c1ccncc1)C1CC1. The number of nitrogens with zero attached hydrogens (tertiary/aromatic N) is 2. The molecule has 19 heavy (non-hydrogen) atoms. The molecule has 1 saturated carbocycles. The summed E-state index contributed by atoms with van der Waals surface area (Å²) in [7, 11) is 0. The molecule has 2 aromatic heterocycles. The van der Waals surface area contributed by atoms with Gasteiger partial charge in [0, 0.05) is 36.6 Å². The van der Waals surface area contributed by atoms with Crippen molar-refractivity contribution in [2.24, 2.45) is 5.92 Å². The van der Waals surface area contributed by atoms with Gasteiger partial charge in [0.2, 0.25) is 5.91 Å². The van der Waals surface area contributed by atoms with Crippen LogP contribution >= 0.6 is 0 Å². The summed E-state index contributed by atoms with van der Waals surface area (Å²) < 4.78 is 0. The van der Waals surface area contributed by atoms with Crippen LogP contribution in [0.2, 0.25) is 0 Å². The van der Waals surface area contributed by atoms with Crippen molar-refractivity contribution in [2.75, 3.05) is 0 Å². The number of amides is 1. The van der Waals surface area contributed by atoms with Gasteiger partial charge >= 0.3 is 0 Å². The molecular formula is C15H15N3O. The van der Waals surface area contributed by atoms with Crippen molar-refractivity contribution in [3.05, 3.63) is 48.4 Å². The minimum Gasteiger partial charge on any atom is -0.352 e. The van der Waals surface area contributed by atoms with E-state index in [1.807, 2.05) is 24.3 Å². The Morgan fingerprint density at radius 2 is 2.00 bits per heavy atom. The zero-order valence-electron chi connectivity index (χ0n) is 10.5. The maximum absolute atomic E-state index is 11.7. The molecule has 1 fully saturated rings. The molecule has 0 spiro atoms. The molecule has 4 nitrogen and oxygen atoms in total. The Morgan fingerprint density at radius 1 is 1.21 bits per heavy atom. The van der Waals surface area contributed by atoms with E-state index in [9.17, 15) is 4.79 Å². The fraction of sp³-hybridized carbons (Fsp3) is 0.267. The highest BCUT2D eigenvalue weighted by atomic mass is 16.2. The number of aromatic nitrogens is 2. The first-order chi connectivity index (χ1) is 9.34. The summed E-state index contributed by atoms with van der Waals surface area (Å²) in [5.74, 6) is 0.394. The van der Waals surface area contributed by atoms with E-state index in [4.69, 9.17) is 0 Å². The van der Waals surface area contributed by atoms with E-state index in [-0.39, 0.29) is 11.8 Å². The van der Waals surface area contributed by atoms with Gasteiger partial charge in [-0.2, -0.15) is 0 Å². The standard InChI is InChI=1S/C15H15N3O/c19-15(12-3-4-12)18-10-13-2-1-7-17-14(13)11-5-8-16-9-6-11/h1-2,5-9,12H,3-4,10H2,(H,18,19). The van der Waals surface area contributed by atoms with Crippen LogP contribution in [0.25, 0.3) is 11.3 Å². The molecule has 0 radical (unpaired) electrons. The average Bonchev–Trinajstić information content (AvgIpc) is 3.31. The molecule has 3 rings (SSSR count). The van der Waals surface area contributed by atoms with Crippen molar-refractivity contribution in [1.29, 1.82) is 0 Å². The van der Waals surface area contributed by atoms with Gasteiger partial charge in [-0.3, -0.25) is 14.8 Å². The molecule has 1 aliphatic carbocycles. The molecule has 1 N–H and O–H groups in total. The van der Waals surface area contributed by atoms with Crippen molar-refractivity contribution in [3.8, 4) is 11.3 Å². The summed E-state index contributed by atoms with van der Waals surface area (Å²) in [4.78, 5) is 20.1. The number of hydrogen-bond donors (Lipinski definition) is 1. The number of carbonyl (C=O) groups is 1. The van der Waals surface area contributed by atoms with Crippen molar-refractivity contribution in [1.82, 2.24) is 15.3 Å². The van der Waals surface area contributed by atoms with Gasteiger partial charge in [0.05, 0.1) is 5.69 Å². The van der Waals surface area contributed by atoms with Crippen LogP contribution in [0.4, 0.5) is 0 Å². The molecule has 2 heterocycles. The largest absolute Gasteiger partial charge is 0.352 e. The van der Waals surface area contributed by atoms with Crippen molar-refractivity contribution in [2.45, 2.75) is 19.4 Å². The molecule has 2 aromatic rings. The molecule has 4 heteroatoms. The summed E-state index contributed by atoms with van der Waals surface area (Å²) in [5, 5.41) is 2.98. The molecule has 0 unspecified atom stereocenters. The zero-order chi connectivity index (χ0) is 13.1. The Labute approximate surface area is 111 Å². The fourth-order valence-electron chi connectivity index (χ4n) is 2.02. The predicted molar refractivity (Wildman–Crippen MR) is 72.0 cm³/mol. The van der Waals surface area contributed by atoms with Crippen LogP contribution in [0.3, 0.4) is 0 Å². The minimum atomic E-state index is 0.157. The lowest BCUT2D eigenvalue weighted by Crippen LogP contribution is -2.24. The Hall–Kier alpha value is -2.23. The van der Waals surface area contributed by atoms with Crippen LogP contribution in [0.5, 0.6) is 0 Å². The molecule has 1 aliphatic rings. The fourth-order valence-corrected chi connectivity index (χ4v) is 2.02. The topological polar surface area (TPSA) is 54.9 Å². The van der Waals surface area contributed by atoms with Crippen LogP contribution in [-0.2, 0) is 11.3 Å². The smallest absolute Gasteiger partial charge is 0.223 e. The Balaban J connectivity index is 1.79. The number of nitrogens with one attached hydrogen (secondary N) is 1. The Bertz CT molecular complexity index is 579. The maximum Gasteiger partial charge on any atom is 0.223 e. The highest BCUT2D eigenvalue weighted by Gasteiger charge is 2.29. The second-order valence-electron chi connectivity index (χ2n) is 4.74. The normalized spacial score (nSPS) is 14.1. The van der Waals surface area contributed by atoms with Gasteiger partial charge in [-0.25, -0.2) is 0 Å². The summed E-state index contributed by atoms with van der Waals surface area (Å²) >= 11 is 0. The van der Waals surface area contributed by atoms with Crippen LogP contribution in [0.15, 0.2) is 42.9 Å². The van der Waals surface area contributed by atoms with Crippen LogP contribution < -0.4 is 5.32 Å². The highest BCUT2D eigenvalue weighted by molar-refractivity contribution is 5.81. The van der Waals surface area contributed by atoms with E-state index < -0.39 is 0 Å². The summed E-state index contributed by atoms with van der Waals surface area (Å²) in [6, 6.07) is 7.74. The van der Waals surface area contributed by atoms with Gasteiger partial charge in [-0.15, -0.1) is 0 Å². The molecule has 0 atom stereocenters. The summed E-state index contributed by atoms with van der Waals surface area (Å²) in [6.07, 6.45) is 7.31. The van der Waals surface area contributed by atoms with E-state index in [1.165, 1.54) is 0 Å². The monoisotopic (exact) mass is 253 g/mol. The van der Waals surface area contributed by atoms with Crippen molar-refractivity contribution >= 4 is 5.91 Å². The van der Waals surface area contributed by atoms with Gasteiger partial charge in [-0.1, -0.05) is 6.07 Å². The maximum atomic E-state index is 11.7. The molecule has 1 amide bonds. The highest BCUT2D eigenvalue weighted by Crippen LogP contribution is 2.29. The van der Waals surface area contributed by atoms with Crippen molar-refractivity contribution < 1.29 is 4.79 Å². The first kappa shape index (κ1) is 11.8. The number of carbonyl (C=O) groups excluding carboxylic acids is 1. The third kappa shape index (κ3) is 2.78. The Kier molecular flexibility index (Phi) is 3.23. The van der Waals surface area contributed by atoms with Crippen molar-refractivity contribution in [3.63, 3.8) is 0 Å². The molecule has 0 aromatic carbocycles. The van der Waals surface area contributed by atoms with Gasteiger partial charge in [0.1, 0.15) is 0 Å². The zero-order valence-corrected chi connectivity index (χ0v) is 10.5. The molecule has 0 aliphatic heterocycles. The van der Waals surface area contributed by atoms with E-state index >= 15 is 0 Å². The summed E-state index contributed by atoms with van der Waals surface area (Å²) in [6.45, 7) is 0.529. The van der Waals surface area contributed by atoms with E-state index in [1.54, 1.807) is 18.6 Å². The second-order valence-corrected chi connectivity index (χ2v) is 4.74. The van der Waals surface area contributed by atoms with E-state index in [2.05, 4.69) is 15.3 Å². The third-order valence-corrected chi connectivity index (χ3v) is 3.25. The Morgan fingerprint density at radius 3 is 2.74 bits per heavy atom. The minimum absolute atomic E-state index is 0.157. The first-order valence-electron chi connectivity index (χ1n) is 6.46. The molecule has 96 valence electrons. The lowest BCUT2D eigenvalue weighted by atomic mass is 10.1. The molecular weight excluding hydrogens is 238 g/mol. The molecule has 0 bridgehead atoms. The lowest BCUT2D eigenvalue weighted by molar-refractivity contribution is -0.122. The van der Waals surface area contributed by atoms with Gasteiger partial charge in [0.15, 0.2) is 0 Å². The number of pyridine rings is 2. The average molecular weight is 253 g/mol. The van der Waals surface area contributed by atoms with Crippen LogP contribution in [-0.4, -0.2) is 15.9 Å². The van der Waals surface area contributed by atoms with Gasteiger partial charge in [-0.05, 0) is 36.6 Å². The van der Waals surface area contributed by atoms with Gasteiger partial charge < -0.3 is 5.32 Å². The number of rotatable bonds is 4. The second kappa shape index (κ2) is 5.18.